The lowest BCUT2D eigenvalue weighted by molar-refractivity contribution is 0.0558. The maximum atomic E-state index is 5.71. The molecular formula is C12H20N2O. The third-order valence-electron chi connectivity index (χ3n) is 2.34. The van der Waals surface area contributed by atoms with Crippen LogP contribution in [0.2, 0.25) is 0 Å². The largest absolute Gasteiger partial charge is 0.372 e. The van der Waals surface area contributed by atoms with E-state index in [1.54, 1.807) is 6.20 Å². The van der Waals surface area contributed by atoms with Crippen molar-refractivity contribution in [3.05, 3.63) is 30.1 Å². The van der Waals surface area contributed by atoms with E-state index in [9.17, 15) is 0 Å². The van der Waals surface area contributed by atoms with E-state index in [1.807, 2.05) is 18.3 Å². The van der Waals surface area contributed by atoms with Gasteiger partial charge in [-0.2, -0.15) is 0 Å². The molecule has 2 N–H and O–H groups in total. The first-order valence-corrected chi connectivity index (χ1v) is 5.60. The van der Waals surface area contributed by atoms with Crippen LogP contribution in [0.4, 0.5) is 0 Å². The van der Waals surface area contributed by atoms with E-state index in [2.05, 4.69) is 11.9 Å². The summed E-state index contributed by atoms with van der Waals surface area (Å²) in [7, 11) is 0. The lowest BCUT2D eigenvalue weighted by Gasteiger charge is -2.15. The van der Waals surface area contributed by atoms with Crippen molar-refractivity contribution < 1.29 is 4.74 Å². The van der Waals surface area contributed by atoms with E-state index in [-0.39, 0.29) is 6.10 Å². The van der Waals surface area contributed by atoms with Crippen molar-refractivity contribution in [1.82, 2.24) is 4.98 Å². The quantitative estimate of drug-likeness (QED) is 0.699. The van der Waals surface area contributed by atoms with Gasteiger partial charge in [-0.1, -0.05) is 25.8 Å². The molecule has 0 saturated carbocycles. The molecule has 1 heterocycles. The molecule has 0 fully saturated rings. The van der Waals surface area contributed by atoms with Crippen LogP contribution in [0.1, 0.15) is 37.9 Å². The third-order valence-corrected chi connectivity index (χ3v) is 2.34. The van der Waals surface area contributed by atoms with Crippen LogP contribution in [0.3, 0.4) is 0 Å². The van der Waals surface area contributed by atoms with E-state index in [0.29, 0.717) is 6.54 Å². The molecule has 0 aliphatic rings. The summed E-state index contributed by atoms with van der Waals surface area (Å²) in [5.41, 5.74) is 6.73. The number of rotatable bonds is 7. The van der Waals surface area contributed by atoms with Crippen molar-refractivity contribution >= 4 is 0 Å². The van der Waals surface area contributed by atoms with Gasteiger partial charge < -0.3 is 10.5 Å². The number of ether oxygens (including phenoxy) is 1. The second kappa shape index (κ2) is 7.37. The molecule has 1 atom stereocenters. The fraction of sp³-hybridized carbons (Fsp3) is 0.583. The highest BCUT2D eigenvalue weighted by Crippen LogP contribution is 2.15. The van der Waals surface area contributed by atoms with Gasteiger partial charge in [-0.05, 0) is 12.5 Å². The molecule has 15 heavy (non-hydrogen) atoms. The first-order valence-electron chi connectivity index (χ1n) is 5.60. The lowest BCUT2D eigenvalue weighted by Crippen LogP contribution is -2.16. The second-order valence-electron chi connectivity index (χ2n) is 3.59. The zero-order chi connectivity index (χ0) is 10.9. The van der Waals surface area contributed by atoms with Gasteiger partial charge in [0.25, 0.3) is 0 Å². The maximum absolute atomic E-state index is 5.71. The number of aromatic nitrogens is 1. The first kappa shape index (κ1) is 12.1. The first-order chi connectivity index (χ1) is 7.38. The highest BCUT2D eigenvalue weighted by atomic mass is 16.5. The molecule has 1 aromatic rings. The van der Waals surface area contributed by atoms with E-state index >= 15 is 0 Å². The molecule has 84 valence electrons. The van der Waals surface area contributed by atoms with Crippen LogP contribution in [0.25, 0.3) is 0 Å². The fourth-order valence-electron chi connectivity index (χ4n) is 1.44. The van der Waals surface area contributed by atoms with Gasteiger partial charge in [-0.25, -0.2) is 0 Å². The number of hydrogen-bond donors (Lipinski definition) is 1. The summed E-state index contributed by atoms with van der Waals surface area (Å²) < 4.78 is 5.71. The predicted octanol–water partition coefficient (Wildman–Crippen LogP) is 2.29. The molecule has 0 amide bonds. The Morgan fingerprint density at radius 3 is 2.93 bits per heavy atom. The topological polar surface area (TPSA) is 48.1 Å². The van der Waals surface area contributed by atoms with Crippen LogP contribution in [-0.4, -0.2) is 18.1 Å². The average Bonchev–Trinajstić information content (AvgIpc) is 2.30. The van der Waals surface area contributed by atoms with Gasteiger partial charge in [0.05, 0.1) is 6.10 Å². The molecule has 0 radical (unpaired) electrons. The van der Waals surface area contributed by atoms with Gasteiger partial charge in [-0.15, -0.1) is 0 Å². The minimum Gasteiger partial charge on any atom is -0.372 e. The molecule has 0 aliphatic heterocycles. The van der Waals surface area contributed by atoms with E-state index in [1.165, 1.54) is 12.8 Å². The van der Waals surface area contributed by atoms with Crippen molar-refractivity contribution in [2.45, 2.75) is 32.3 Å². The molecule has 0 saturated heterocycles. The van der Waals surface area contributed by atoms with Crippen LogP contribution >= 0.6 is 0 Å². The summed E-state index contributed by atoms with van der Waals surface area (Å²) in [6.45, 7) is 3.48. The van der Waals surface area contributed by atoms with Crippen molar-refractivity contribution in [2.75, 3.05) is 13.2 Å². The van der Waals surface area contributed by atoms with E-state index < -0.39 is 0 Å². The molecule has 1 rings (SSSR count). The Balaban J connectivity index is 2.36. The zero-order valence-electron chi connectivity index (χ0n) is 9.36. The monoisotopic (exact) mass is 208 g/mol. The molecular weight excluding hydrogens is 188 g/mol. The van der Waals surface area contributed by atoms with E-state index in [0.717, 1.165) is 18.6 Å². The Labute approximate surface area is 91.7 Å². The minimum atomic E-state index is -0.00411. The Hall–Kier alpha value is -0.930. The smallest absolute Gasteiger partial charge is 0.0961 e. The Bertz CT molecular complexity index is 251. The van der Waals surface area contributed by atoms with Crippen molar-refractivity contribution in [3.8, 4) is 0 Å². The van der Waals surface area contributed by atoms with Crippen LogP contribution in [0.5, 0.6) is 0 Å². The Morgan fingerprint density at radius 2 is 2.33 bits per heavy atom. The van der Waals surface area contributed by atoms with Gasteiger partial charge in [0.15, 0.2) is 0 Å². The molecule has 3 heteroatoms. The third kappa shape index (κ3) is 4.40. The molecule has 0 aromatic carbocycles. The highest BCUT2D eigenvalue weighted by molar-refractivity contribution is 5.12. The van der Waals surface area contributed by atoms with Gasteiger partial charge in [-0.3, -0.25) is 4.98 Å². The van der Waals surface area contributed by atoms with Crippen LogP contribution in [-0.2, 0) is 4.74 Å². The zero-order valence-corrected chi connectivity index (χ0v) is 9.36. The summed E-state index contributed by atoms with van der Waals surface area (Å²) in [5.74, 6) is 0. The Kier molecular flexibility index (Phi) is 5.97. The minimum absolute atomic E-state index is 0.00411. The maximum Gasteiger partial charge on any atom is 0.0961 e. The summed E-state index contributed by atoms with van der Waals surface area (Å²) >= 11 is 0. The summed E-state index contributed by atoms with van der Waals surface area (Å²) in [4.78, 5) is 4.06. The fourth-order valence-corrected chi connectivity index (χ4v) is 1.44. The summed E-state index contributed by atoms with van der Waals surface area (Å²) in [5, 5.41) is 0. The molecule has 0 aliphatic carbocycles. The number of unbranched alkanes of at least 4 members (excludes halogenated alkanes) is 2. The molecule has 0 spiro atoms. The highest BCUT2D eigenvalue weighted by Gasteiger charge is 2.08. The number of hydrogen-bond acceptors (Lipinski definition) is 3. The van der Waals surface area contributed by atoms with Crippen molar-refractivity contribution in [1.29, 1.82) is 0 Å². The lowest BCUT2D eigenvalue weighted by atomic mass is 10.1. The van der Waals surface area contributed by atoms with Crippen LogP contribution in [0, 0.1) is 0 Å². The van der Waals surface area contributed by atoms with Crippen LogP contribution < -0.4 is 5.73 Å². The Morgan fingerprint density at radius 1 is 1.47 bits per heavy atom. The van der Waals surface area contributed by atoms with Gasteiger partial charge in [0.1, 0.15) is 0 Å². The average molecular weight is 208 g/mol. The normalized spacial score (nSPS) is 12.7. The predicted molar refractivity (Wildman–Crippen MR) is 61.5 cm³/mol. The SMILES string of the molecule is CCCCCOC(CN)c1cccnc1. The van der Waals surface area contributed by atoms with Crippen LogP contribution in [0.15, 0.2) is 24.5 Å². The summed E-state index contributed by atoms with van der Waals surface area (Å²) in [6.07, 6.45) is 7.10. The van der Waals surface area contributed by atoms with Gasteiger partial charge in [0.2, 0.25) is 0 Å². The molecule has 0 bridgehead atoms. The standard InChI is InChI=1S/C12H20N2O/c1-2-3-4-8-15-12(9-13)11-6-5-7-14-10-11/h5-7,10,12H,2-4,8-9,13H2,1H3. The molecule has 3 nitrogen and oxygen atoms in total. The molecule has 1 unspecified atom stereocenters. The van der Waals surface area contributed by atoms with Gasteiger partial charge in [0, 0.05) is 31.1 Å². The van der Waals surface area contributed by atoms with E-state index in [4.69, 9.17) is 10.5 Å². The summed E-state index contributed by atoms with van der Waals surface area (Å²) in [6, 6.07) is 3.91. The number of nitrogens with two attached hydrogens (primary N) is 1. The number of nitrogens with zero attached hydrogens (tertiary/aromatic N) is 1. The second-order valence-corrected chi connectivity index (χ2v) is 3.59. The van der Waals surface area contributed by atoms with Gasteiger partial charge >= 0.3 is 0 Å². The number of pyridine rings is 1. The van der Waals surface area contributed by atoms with Crippen molar-refractivity contribution in [2.24, 2.45) is 5.73 Å². The van der Waals surface area contributed by atoms with Crippen molar-refractivity contribution in [3.63, 3.8) is 0 Å². The molecule has 1 aromatic heterocycles.